The van der Waals surface area contributed by atoms with Gasteiger partial charge in [0.05, 0.1) is 29.5 Å². The van der Waals surface area contributed by atoms with Gasteiger partial charge in [0, 0.05) is 31.2 Å². The summed E-state index contributed by atoms with van der Waals surface area (Å²) in [6.45, 7) is 3.79. The van der Waals surface area contributed by atoms with E-state index in [2.05, 4.69) is 10.4 Å². The number of hydrogen-bond acceptors (Lipinski definition) is 5. The zero-order chi connectivity index (χ0) is 23.5. The fraction of sp³-hybridized carbons (Fsp3) is 0.269. The highest BCUT2D eigenvalue weighted by molar-refractivity contribution is 6.08. The molecule has 0 unspecified atom stereocenters. The molecule has 34 heavy (non-hydrogen) atoms. The van der Waals surface area contributed by atoms with Gasteiger partial charge in [0.1, 0.15) is 11.4 Å². The number of nitrogens with zero attached hydrogens (tertiary/aromatic N) is 3. The average molecular weight is 459 g/mol. The molecule has 0 radical (unpaired) electrons. The Morgan fingerprint density at radius 3 is 2.65 bits per heavy atom. The number of carbonyl (C=O) groups excluding carboxylic acids is 1. The van der Waals surface area contributed by atoms with Gasteiger partial charge >= 0.3 is 0 Å². The fourth-order valence-electron chi connectivity index (χ4n) is 4.20. The summed E-state index contributed by atoms with van der Waals surface area (Å²) < 4.78 is 14.4. The third kappa shape index (κ3) is 4.45. The van der Waals surface area contributed by atoms with Gasteiger partial charge in [0.15, 0.2) is 0 Å². The molecule has 0 bridgehead atoms. The van der Waals surface area contributed by atoms with Crippen molar-refractivity contribution in [3.8, 4) is 22.7 Å². The van der Waals surface area contributed by atoms with E-state index in [0.29, 0.717) is 41.3 Å². The van der Waals surface area contributed by atoms with Crippen molar-refractivity contribution in [1.29, 1.82) is 0 Å². The Hall–Kier alpha value is -3.91. The van der Waals surface area contributed by atoms with E-state index in [1.807, 2.05) is 41.8 Å². The number of aromatic nitrogens is 3. The first-order chi connectivity index (χ1) is 16.6. The van der Waals surface area contributed by atoms with E-state index in [4.69, 9.17) is 9.47 Å². The van der Waals surface area contributed by atoms with Crippen LogP contribution < -0.4 is 15.6 Å². The predicted molar refractivity (Wildman–Crippen MR) is 129 cm³/mol. The van der Waals surface area contributed by atoms with Crippen LogP contribution in [-0.2, 0) is 11.3 Å². The number of para-hydroxylation sites is 1. The number of rotatable bonds is 7. The van der Waals surface area contributed by atoms with Gasteiger partial charge in [-0.05, 0) is 56.2 Å². The van der Waals surface area contributed by atoms with Crippen LogP contribution in [0.2, 0.25) is 0 Å². The van der Waals surface area contributed by atoms with Crippen LogP contribution in [0, 0.1) is 0 Å². The van der Waals surface area contributed by atoms with Crippen LogP contribution in [0.15, 0.2) is 71.8 Å². The van der Waals surface area contributed by atoms with Crippen LogP contribution in [0.25, 0.3) is 16.9 Å². The van der Waals surface area contributed by atoms with E-state index < -0.39 is 0 Å². The van der Waals surface area contributed by atoms with Crippen LogP contribution in [0.1, 0.15) is 30.1 Å². The minimum atomic E-state index is -0.339. The average Bonchev–Trinajstić information content (AvgIpc) is 3.49. The number of ether oxygens (including phenoxy) is 2. The summed E-state index contributed by atoms with van der Waals surface area (Å²) in [5.41, 5.74) is 2.09. The van der Waals surface area contributed by atoms with E-state index in [9.17, 15) is 9.59 Å². The highest BCUT2D eigenvalue weighted by Crippen LogP contribution is 2.25. The molecule has 1 saturated heterocycles. The van der Waals surface area contributed by atoms with Gasteiger partial charge < -0.3 is 19.4 Å². The molecule has 1 atom stereocenters. The number of fused-ring (bicyclic) bond motifs is 1. The quantitative estimate of drug-likeness (QED) is 0.453. The van der Waals surface area contributed by atoms with Gasteiger partial charge in [-0.25, -0.2) is 0 Å². The van der Waals surface area contributed by atoms with Crippen molar-refractivity contribution in [1.82, 2.24) is 14.3 Å². The maximum absolute atomic E-state index is 13.3. The van der Waals surface area contributed by atoms with E-state index in [-0.39, 0.29) is 17.6 Å². The first-order valence-corrected chi connectivity index (χ1v) is 11.5. The molecule has 2 aromatic rings. The number of carbonyl (C=O) groups is 1. The van der Waals surface area contributed by atoms with Crippen LogP contribution in [-0.4, -0.2) is 39.6 Å². The summed E-state index contributed by atoms with van der Waals surface area (Å²) in [6, 6.07) is 16.4. The SMILES string of the molecule is CCOc1ccc(NC(=O)c2cn(C[C@@H]3CCCO3)cc3c(=O)n(-c4ccccc4)nc2-3)cc1. The van der Waals surface area contributed by atoms with E-state index in [1.165, 1.54) is 4.68 Å². The fourth-order valence-corrected chi connectivity index (χ4v) is 4.20. The Bertz CT molecular complexity index is 1310. The lowest BCUT2D eigenvalue weighted by Gasteiger charge is -2.16. The molecule has 8 heteroatoms. The summed E-state index contributed by atoms with van der Waals surface area (Å²) in [5.74, 6) is 0.392. The number of hydrogen-bond donors (Lipinski definition) is 1. The summed E-state index contributed by atoms with van der Waals surface area (Å²) in [6.07, 6.45) is 5.53. The number of benzene rings is 2. The molecule has 8 nitrogen and oxygen atoms in total. The molecule has 1 amide bonds. The van der Waals surface area contributed by atoms with E-state index in [0.717, 1.165) is 25.2 Å². The Balaban J connectivity index is 1.53. The second-order valence-electron chi connectivity index (χ2n) is 8.23. The molecule has 2 aromatic carbocycles. The third-order valence-electron chi connectivity index (χ3n) is 5.83. The molecular weight excluding hydrogens is 432 g/mol. The highest BCUT2D eigenvalue weighted by Gasteiger charge is 2.26. The van der Waals surface area contributed by atoms with Crippen molar-refractivity contribution in [3.05, 3.63) is 82.9 Å². The first kappa shape index (κ1) is 21.9. The van der Waals surface area contributed by atoms with Gasteiger partial charge in [-0.15, -0.1) is 0 Å². The molecule has 0 aliphatic carbocycles. The van der Waals surface area contributed by atoms with Crippen molar-refractivity contribution in [2.45, 2.75) is 32.4 Å². The molecule has 0 spiro atoms. The summed E-state index contributed by atoms with van der Waals surface area (Å²) in [7, 11) is 0. The van der Waals surface area contributed by atoms with Gasteiger partial charge in [-0.2, -0.15) is 9.78 Å². The lowest BCUT2D eigenvalue weighted by molar-refractivity contribution is 0.0961. The monoisotopic (exact) mass is 458 g/mol. The zero-order valence-corrected chi connectivity index (χ0v) is 18.9. The van der Waals surface area contributed by atoms with Crippen molar-refractivity contribution >= 4 is 11.6 Å². The van der Waals surface area contributed by atoms with Crippen molar-refractivity contribution < 1.29 is 14.3 Å². The van der Waals surface area contributed by atoms with Crippen molar-refractivity contribution in [2.24, 2.45) is 0 Å². The van der Waals surface area contributed by atoms with Crippen LogP contribution in [0.3, 0.4) is 0 Å². The third-order valence-corrected chi connectivity index (χ3v) is 5.83. The minimum Gasteiger partial charge on any atom is -0.494 e. The van der Waals surface area contributed by atoms with Gasteiger partial charge in [0.25, 0.3) is 11.5 Å². The Kier molecular flexibility index (Phi) is 6.14. The van der Waals surface area contributed by atoms with Crippen LogP contribution in [0.5, 0.6) is 5.75 Å². The van der Waals surface area contributed by atoms with Gasteiger partial charge in [-0.1, -0.05) is 18.2 Å². The number of nitrogens with one attached hydrogen (secondary N) is 1. The topological polar surface area (TPSA) is 87.4 Å². The molecule has 1 N–H and O–H groups in total. The van der Waals surface area contributed by atoms with Gasteiger partial charge in [0.2, 0.25) is 0 Å². The van der Waals surface area contributed by atoms with Crippen molar-refractivity contribution in [3.63, 3.8) is 0 Å². The van der Waals surface area contributed by atoms with E-state index in [1.54, 1.807) is 36.7 Å². The second kappa shape index (κ2) is 9.52. The number of pyridine rings is 1. The molecule has 0 aromatic heterocycles. The summed E-state index contributed by atoms with van der Waals surface area (Å²) in [4.78, 5) is 26.6. The summed E-state index contributed by atoms with van der Waals surface area (Å²) in [5, 5.41) is 7.45. The maximum Gasteiger partial charge on any atom is 0.282 e. The minimum absolute atomic E-state index is 0.0590. The lowest BCUT2D eigenvalue weighted by Crippen LogP contribution is -2.20. The smallest absolute Gasteiger partial charge is 0.282 e. The van der Waals surface area contributed by atoms with E-state index >= 15 is 0 Å². The standard InChI is InChI=1S/C26H26N4O4/c1-2-33-20-12-10-18(11-13-20)27-25(31)22-16-29(15-21-9-6-14-34-21)17-23-24(22)28-30(26(23)32)19-7-4-3-5-8-19/h3-5,7-8,10-13,16-17,21H,2,6,9,14-15H2,1H3,(H,27,31)/t21-/m0/s1. The van der Waals surface area contributed by atoms with Crippen LogP contribution >= 0.6 is 0 Å². The molecule has 3 aliphatic heterocycles. The molecule has 3 aliphatic rings. The maximum atomic E-state index is 13.3. The van der Waals surface area contributed by atoms with Crippen LogP contribution in [0.4, 0.5) is 5.69 Å². The molecule has 5 rings (SSSR count). The number of amides is 1. The molecule has 174 valence electrons. The molecule has 1 fully saturated rings. The molecular formula is C26H26N4O4. The normalized spacial score (nSPS) is 15.5. The second-order valence-corrected chi connectivity index (χ2v) is 8.23. The highest BCUT2D eigenvalue weighted by atomic mass is 16.5. The zero-order valence-electron chi connectivity index (χ0n) is 18.9. The van der Waals surface area contributed by atoms with Crippen molar-refractivity contribution in [2.75, 3.05) is 18.5 Å². The predicted octanol–water partition coefficient (Wildman–Crippen LogP) is 3.97. The first-order valence-electron chi connectivity index (χ1n) is 11.5. The lowest BCUT2D eigenvalue weighted by atomic mass is 10.1. The Morgan fingerprint density at radius 2 is 1.94 bits per heavy atom. The summed E-state index contributed by atoms with van der Waals surface area (Å²) >= 11 is 0. The Morgan fingerprint density at radius 1 is 1.15 bits per heavy atom. The number of anilines is 1. The Labute approximate surface area is 197 Å². The molecule has 3 heterocycles. The largest absolute Gasteiger partial charge is 0.494 e. The van der Waals surface area contributed by atoms with Gasteiger partial charge in [-0.3, -0.25) is 9.59 Å². The molecule has 0 saturated carbocycles.